The Hall–Kier alpha value is -1.11. The fraction of sp³-hybridized carbons (Fsp3) is 0.417. The van der Waals surface area contributed by atoms with Crippen molar-refractivity contribution in [2.24, 2.45) is 0 Å². The van der Waals surface area contributed by atoms with Gasteiger partial charge >= 0.3 is 0 Å². The highest BCUT2D eigenvalue weighted by Gasteiger charge is 1.87. The molecule has 0 heterocycles. The second-order valence-electron chi connectivity index (χ2n) is 2.96. The predicted molar refractivity (Wildman–Crippen MR) is 56.6 cm³/mol. The van der Waals surface area contributed by atoms with Crippen molar-refractivity contribution in [1.82, 2.24) is 0 Å². The molecule has 0 N–H and O–H groups in total. The minimum atomic E-state index is 0.307. The average Bonchev–Trinajstić information content (AvgIpc) is 2.18. The Labute approximate surface area is 80.8 Å². The summed E-state index contributed by atoms with van der Waals surface area (Å²) >= 11 is 0. The van der Waals surface area contributed by atoms with Crippen LogP contribution in [-0.4, -0.2) is 5.78 Å². The molecule has 0 aliphatic rings. The third-order valence-corrected chi connectivity index (χ3v) is 1.55. The van der Waals surface area contributed by atoms with Gasteiger partial charge in [-0.25, -0.2) is 0 Å². The van der Waals surface area contributed by atoms with Gasteiger partial charge in [0, 0.05) is 6.42 Å². The molecule has 0 aromatic heterocycles. The Morgan fingerprint density at radius 3 is 1.54 bits per heavy atom. The zero-order valence-electron chi connectivity index (χ0n) is 8.49. The van der Waals surface area contributed by atoms with E-state index >= 15 is 0 Å². The van der Waals surface area contributed by atoms with Gasteiger partial charge in [0.2, 0.25) is 0 Å². The van der Waals surface area contributed by atoms with Crippen molar-refractivity contribution in [3.8, 4) is 0 Å². The second kappa shape index (κ2) is 8.98. The van der Waals surface area contributed by atoms with E-state index < -0.39 is 0 Å². The minimum absolute atomic E-state index is 0.307. The van der Waals surface area contributed by atoms with Crippen molar-refractivity contribution in [2.75, 3.05) is 0 Å². The van der Waals surface area contributed by atoms with Gasteiger partial charge in [0.1, 0.15) is 5.78 Å². The first-order valence-electron chi connectivity index (χ1n) is 4.76. The zero-order valence-corrected chi connectivity index (χ0v) is 8.49. The van der Waals surface area contributed by atoms with Crippen LogP contribution in [0.1, 0.15) is 33.1 Å². The van der Waals surface area contributed by atoms with E-state index in [9.17, 15) is 4.79 Å². The topological polar surface area (TPSA) is 17.1 Å². The van der Waals surface area contributed by atoms with E-state index in [0.717, 1.165) is 19.3 Å². The Bertz CT molecular complexity index is 177. The second-order valence-corrected chi connectivity index (χ2v) is 2.96. The fourth-order valence-electron chi connectivity index (χ4n) is 0.811. The number of Topliss-reactive ketones (excluding diaryl/α,β-unsaturated/α-hetero) is 1. The number of carbonyl (C=O) groups excluding carboxylic acids is 1. The Morgan fingerprint density at radius 2 is 1.38 bits per heavy atom. The molecule has 0 aliphatic heterocycles. The maximum Gasteiger partial charge on any atom is 0.129 e. The number of benzene rings is 1. The molecule has 0 fully saturated rings. The lowest BCUT2D eigenvalue weighted by molar-refractivity contribution is -0.117. The number of hydrogen-bond donors (Lipinski definition) is 0. The van der Waals surface area contributed by atoms with Crippen LogP contribution in [0.5, 0.6) is 0 Å². The Morgan fingerprint density at radius 1 is 1.00 bits per heavy atom. The molecular weight excluding hydrogens is 160 g/mol. The van der Waals surface area contributed by atoms with Gasteiger partial charge in [-0.2, -0.15) is 0 Å². The van der Waals surface area contributed by atoms with Crippen LogP contribution in [0, 0.1) is 0 Å². The van der Waals surface area contributed by atoms with E-state index in [4.69, 9.17) is 0 Å². The summed E-state index contributed by atoms with van der Waals surface area (Å²) in [4.78, 5) is 10.2. The predicted octanol–water partition coefficient (Wildman–Crippen LogP) is 3.45. The van der Waals surface area contributed by atoms with Crippen LogP contribution < -0.4 is 0 Å². The van der Waals surface area contributed by atoms with E-state index in [2.05, 4.69) is 6.92 Å². The summed E-state index contributed by atoms with van der Waals surface area (Å²) in [6.45, 7) is 3.72. The first-order valence-corrected chi connectivity index (χ1v) is 4.76. The van der Waals surface area contributed by atoms with Crippen LogP contribution in [0.25, 0.3) is 0 Å². The molecule has 0 saturated heterocycles. The van der Waals surface area contributed by atoms with Crippen LogP contribution in [-0.2, 0) is 4.79 Å². The summed E-state index contributed by atoms with van der Waals surface area (Å²) in [7, 11) is 0. The molecular formula is C12H18O. The van der Waals surface area contributed by atoms with Crippen LogP contribution in [0.2, 0.25) is 0 Å². The Kier molecular flexibility index (Phi) is 8.21. The van der Waals surface area contributed by atoms with E-state index in [0.29, 0.717) is 5.78 Å². The molecule has 13 heavy (non-hydrogen) atoms. The first kappa shape index (κ1) is 11.9. The maximum absolute atomic E-state index is 10.2. The summed E-state index contributed by atoms with van der Waals surface area (Å²) < 4.78 is 0. The largest absolute Gasteiger partial charge is 0.300 e. The lowest BCUT2D eigenvalue weighted by Crippen LogP contribution is -1.86. The van der Waals surface area contributed by atoms with Crippen molar-refractivity contribution in [3.05, 3.63) is 36.4 Å². The molecule has 1 rings (SSSR count). The molecule has 72 valence electrons. The molecule has 0 atom stereocenters. The van der Waals surface area contributed by atoms with Gasteiger partial charge in [-0.15, -0.1) is 0 Å². The van der Waals surface area contributed by atoms with E-state index in [1.54, 1.807) is 6.92 Å². The van der Waals surface area contributed by atoms with Crippen LogP contribution in [0.15, 0.2) is 36.4 Å². The maximum atomic E-state index is 10.2. The van der Waals surface area contributed by atoms with Gasteiger partial charge in [-0.1, -0.05) is 49.7 Å². The van der Waals surface area contributed by atoms with Gasteiger partial charge in [-0.3, -0.25) is 0 Å². The quantitative estimate of drug-likeness (QED) is 0.692. The fourth-order valence-corrected chi connectivity index (χ4v) is 0.811. The molecule has 0 unspecified atom stereocenters. The number of hydrogen-bond acceptors (Lipinski definition) is 1. The molecule has 0 saturated carbocycles. The van der Waals surface area contributed by atoms with Gasteiger partial charge < -0.3 is 4.79 Å². The van der Waals surface area contributed by atoms with Gasteiger partial charge in [0.25, 0.3) is 0 Å². The third kappa shape index (κ3) is 10.9. The van der Waals surface area contributed by atoms with Crippen LogP contribution in [0.3, 0.4) is 0 Å². The molecule has 0 spiro atoms. The number of ketones is 1. The van der Waals surface area contributed by atoms with Crippen molar-refractivity contribution < 1.29 is 4.79 Å². The monoisotopic (exact) mass is 178 g/mol. The van der Waals surface area contributed by atoms with E-state index in [1.807, 2.05) is 36.4 Å². The van der Waals surface area contributed by atoms with Crippen molar-refractivity contribution in [3.63, 3.8) is 0 Å². The SMILES string of the molecule is CCCCC(C)=O.c1ccccc1. The zero-order chi connectivity index (χ0) is 9.94. The normalized spacial score (nSPS) is 8.46. The molecule has 0 radical (unpaired) electrons. The molecule has 1 nitrogen and oxygen atoms in total. The van der Waals surface area contributed by atoms with E-state index in [1.165, 1.54) is 0 Å². The average molecular weight is 178 g/mol. The molecule has 0 bridgehead atoms. The standard InChI is InChI=1S/C6H12O.C6H6/c1-3-4-5-6(2)7;1-2-4-6-5-3-1/h3-5H2,1-2H3;1-6H. The number of rotatable bonds is 3. The highest BCUT2D eigenvalue weighted by molar-refractivity contribution is 5.75. The number of carbonyl (C=O) groups is 1. The molecule has 0 amide bonds. The highest BCUT2D eigenvalue weighted by Crippen LogP contribution is 1.92. The highest BCUT2D eigenvalue weighted by atomic mass is 16.1. The summed E-state index contributed by atoms with van der Waals surface area (Å²) in [5.41, 5.74) is 0. The first-order chi connectivity index (χ1) is 6.27. The van der Waals surface area contributed by atoms with Gasteiger partial charge in [0.05, 0.1) is 0 Å². The van der Waals surface area contributed by atoms with Crippen molar-refractivity contribution in [1.29, 1.82) is 0 Å². The van der Waals surface area contributed by atoms with Gasteiger partial charge in [-0.05, 0) is 13.3 Å². The smallest absolute Gasteiger partial charge is 0.129 e. The molecule has 1 heteroatoms. The van der Waals surface area contributed by atoms with Crippen LogP contribution in [0.4, 0.5) is 0 Å². The summed E-state index contributed by atoms with van der Waals surface area (Å²) in [5, 5.41) is 0. The minimum Gasteiger partial charge on any atom is -0.300 e. The van der Waals surface area contributed by atoms with Crippen LogP contribution >= 0.6 is 0 Å². The third-order valence-electron chi connectivity index (χ3n) is 1.55. The van der Waals surface area contributed by atoms with Crippen molar-refractivity contribution in [2.45, 2.75) is 33.1 Å². The van der Waals surface area contributed by atoms with E-state index in [-0.39, 0.29) is 0 Å². The molecule has 0 aliphatic carbocycles. The summed E-state index contributed by atoms with van der Waals surface area (Å²) in [6.07, 6.45) is 2.94. The number of unbranched alkanes of at least 4 members (excludes halogenated alkanes) is 1. The van der Waals surface area contributed by atoms with Gasteiger partial charge in [0.15, 0.2) is 0 Å². The Balaban J connectivity index is 0.000000223. The summed E-state index contributed by atoms with van der Waals surface area (Å²) in [6, 6.07) is 12.0. The van der Waals surface area contributed by atoms with Crippen molar-refractivity contribution >= 4 is 5.78 Å². The lowest BCUT2D eigenvalue weighted by atomic mass is 10.2. The molecule has 1 aromatic carbocycles. The summed E-state index contributed by atoms with van der Waals surface area (Å²) in [5.74, 6) is 0.307. The lowest BCUT2D eigenvalue weighted by Gasteiger charge is -1.86. The molecule has 1 aromatic rings.